The summed E-state index contributed by atoms with van der Waals surface area (Å²) < 4.78 is 13.2. The molecule has 1 amide bonds. The molecule has 0 fully saturated rings. The fourth-order valence-electron chi connectivity index (χ4n) is 2.45. The Labute approximate surface area is 159 Å². The van der Waals surface area contributed by atoms with E-state index in [1.165, 1.54) is 12.1 Å². The van der Waals surface area contributed by atoms with Crippen LogP contribution in [-0.2, 0) is 11.2 Å². The number of aromatic nitrogens is 1. The minimum Gasteiger partial charge on any atom is -0.357 e. The van der Waals surface area contributed by atoms with Crippen LogP contribution < -0.4 is 16.0 Å². The van der Waals surface area contributed by atoms with E-state index in [9.17, 15) is 9.18 Å². The average Bonchev–Trinajstić information content (AvgIpc) is 2.62. The third-order valence-electron chi connectivity index (χ3n) is 3.70. The van der Waals surface area contributed by atoms with Gasteiger partial charge in [-0.3, -0.25) is 9.79 Å². The van der Waals surface area contributed by atoms with E-state index in [1.807, 2.05) is 32.0 Å². The maximum absolute atomic E-state index is 13.2. The Hall–Kier alpha value is -2.96. The Morgan fingerprint density at radius 2 is 2.00 bits per heavy atom. The van der Waals surface area contributed by atoms with Gasteiger partial charge < -0.3 is 16.0 Å². The van der Waals surface area contributed by atoms with Crippen molar-refractivity contribution >= 4 is 17.7 Å². The molecule has 2 rings (SSSR count). The zero-order valence-electron chi connectivity index (χ0n) is 15.8. The first kappa shape index (κ1) is 20.4. The average molecular weight is 371 g/mol. The number of carbonyl (C=O) groups excluding carboxylic acids is 1. The molecule has 0 atom stereocenters. The van der Waals surface area contributed by atoms with E-state index < -0.39 is 0 Å². The number of pyridine rings is 1. The normalized spacial score (nSPS) is 11.1. The first-order valence-electron chi connectivity index (χ1n) is 9.07. The van der Waals surface area contributed by atoms with E-state index >= 15 is 0 Å². The van der Waals surface area contributed by atoms with Crippen LogP contribution >= 0.6 is 0 Å². The van der Waals surface area contributed by atoms with Gasteiger partial charge in [0.25, 0.3) is 0 Å². The molecule has 7 heteroatoms. The maximum atomic E-state index is 13.2. The Kier molecular flexibility index (Phi) is 8.22. The van der Waals surface area contributed by atoms with E-state index in [0.717, 1.165) is 11.3 Å². The number of nitrogens with one attached hydrogen (secondary N) is 3. The number of carbonyl (C=O) groups is 1. The molecule has 0 aliphatic rings. The van der Waals surface area contributed by atoms with Crippen molar-refractivity contribution in [3.63, 3.8) is 0 Å². The van der Waals surface area contributed by atoms with Crippen LogP contribution in [0.4, 0.5) is 10.2 Å². The van der Waals surface area contributed by atoms with Crippen molar-refractivity contribution in [2.75, 3.05) is 25.0 Å². The number of hydrogen-bond acceptors (Lipinski definition) is 3. The summed E-state index contributed by atoms with van der Waals surface area (Å²) in [7, 11) is 0. The van der Waals surface area contributed by atoms with E-state index in [4.69, 9.17) is 0 Å². The molecule has 0 radical (unpaired) electrons. The molecular formula is C20H26FN5O. The predicted molar refractivity (Wildman–Crippen MR) is 106 cm³/mol. The maximum Gasteiger partial charge on any atom is 0.227 e. The van der Waals surface area contributed by atoms with Crippen LogP contribution in [0.5, 0.6) is 0 Å². The lowest BCUT2D eigenvalue weighted by molar-refractivity contribution is -0.116. The number of hydrogen-bond donors (Lipinski definition) is 3. The van der Waals surface area contributed by atoms with Crippen molar-refractivity contribution in [2.24, 2.45) is 4.99 Å². The first-order chi connectivity index (χ1) is 13.1. The number of guanidine groups is 1. The second-order valence-electron chi connectivity index (χ2n) is 6.03. The summed E-state index contributed by atoms with van der Waals surface area (Å²) in [5.74, 6) is 0.814. The second-order valence-corrected chi connectivity index (χ2v) is 6.03. The monoisotopic (exact) mass is 371 g/mol. The minimum absolute atomic E-state index is 0.132. The van der Waals surface area contributed by atoms with Gasteiger partial charge in [0.05, 0.1) is 6.54 Å². The molecule has 0 saturated carbocycles. The molecule has 0 spiro atoms. The number of aryl methyl sites for hydroxylation is 1. The van der Waals surface area contributed by atoms with Crippen LogP contribution in [0.2, 0.25) is 0 Å². The summed E-state index contributed by atoms with van der Waals surface area (Å²) in [6.45, 7) is 5.53. The van der Waals surface area contributed by atoms with Gasteiger partial charge in [0.1, 0.15) is 11.6 Å². The molecule has 0 bridgehead atoms. The van der Waals surface area contributed by atoms with Gasteiger partial charge in [0, 0.05) is 25.2 Å². The minimum atomic E-state index is -0.234. The van der Waals surface area contributed by atoms with Crippen LogP contribution in [0.15, 0.2) is 47.5 Å². The lowest BCUT2D eigenvalue weighted by atomic mass is 10.1. The van der Waals surface area contributed by atoms with Crippen molar-refractivity contribution in [2.45, 2.75) is 26.7 Å². The van der Waals surface area contributed by atoms with E-state index in [2.05, 4.69) is 25.9 Å². The van der Waals surface area contributed by atoms with Crippen LogP contribution in [0.3, 0.4) is 0 Å². The third kappa shape index (κ3) is 7.85. The van der Waals surface area contributed by atoms with Gasteiger partial charge in [0.2, 0.25) is 5.91 Å². The molecule has 27 heavy (non-hydrogen) atoms. The number of anilines is 1. The first-order valence-corrected chi connectivity index (χ1v) is 9.07. The molecule has 0 aliphatic heterocycles. The van der Waals surface area contributed by atoms with Crippen LogP contribution in [0.1, 0.15) is 24.6 Å². The van der Waals surface area contributed by atoms with Crippen LogP contribution in [0.25, 0.3) is 0 Å². The Balaban J connectivity index is 1.77. The highest BCUT2D eigenvalue weighted by Crippen LogP contribution is 2.05. The number of halogens is 1. The van der Waals surface area contributed by atoms with Gasteiger partial charge in [-0.1, -0.05) is 18.2 Å². The van der Waals surface area contributed by atoms with Crippen molar-refractivity contribution in [3.05, 3.63) is 59.5 Å². The fraction of sp³-hybridized carbons (Fsp3) is 0.350. The Morgan fingerprint density at radius 3 is 2.74 bits per heavy atom. The molecule has 0 unspecified atom stereocenters. The molecule has 0 saturated heterocycles. The van der Waals surface area contributed by atoms with Gasteiger partial charge in [-0.15, -0.1) is 0 Å². The molecule has 2 aromatic rings. The van der Waals surface area contributed by atoms with Gasteiger partial charge >= 0.3 is 0 Å². The van der Waals surface area contributed by atoms with Crippen LogP contribution in [-0.4, -0.2) is 36.5 Å². The van der Waals surface area contributed by atoms with E-state index in [1.54, 1.807) is 12.1 Å². The third-order valence-corrected chi connectivity index (χ3v) is 3.70. The van der Waals surface area contributed by atoms with Crippen LogP contribution in [0, 0.1) is 12.7 Å². The lowest BCUT2D eigenvalue weighted by Gasteiger charge is -2.11. The van der Waals surface area contributed by atoms with Gasteiger partial charge in [-0.25, -0.2) is 9.37 Å². The summed E-state index contributed by atoms with van der Waals surface area (Å²) in [5, 5.41) is 9.09. The van der Waals surface area contributed by atoms with Crippen molar-refractivity contribution < 1.29 is 9.18 Å². The van der Waals surface area contributed by atoms with Crippen molar-refractivity contribution in [3.8, 4) is 0 Å². The molecular weight excluding hydrogens is 345 g/mol. The standard InChI is InChI=1S/C20H26FN5O/c1-3-22-20(23-12-10-16-7-5-8-17(21)14-16)24-13-11-19(27)26-18-9-4-6-15(2)25-18/h4-9,14H,3,10-13H2,1-2H3,(H2,22,23,24)(H,25,26,27). The number of aliphatic imine (C=N–C) groups is 1. The highest BCUT2D eigenvalue weighted by Gasteiger charge is 2.04. The summed E-state index contributed by atoms with van der Waals surface area (Å²) in [4.78, 5) is 20.6. The highest BCUT2D eigenvalue weighted by atomic mass is 19.1. The van der Waals surface area contributed by atoms with Crippen molar-refractivity contribution in [1.29, 1.82) is 0 Å². The Bertz CT molecular complexity index is 778. The molecule has 6 nitrogen and oxygen atoms in total. The molecule has 1 heterocycles. The largest absolute Gasteiger partial charge is 0.357 e. The second kappa shape index (κ2) is 10.9. The van der Waals surface area contributed by atoms with Gasteiger partial charge in [0.15, 0.2) is 5.96 Å². The molecule has 3 N–H and O–H groups in total. The van der Waals surface area contributed by atoms with Crippen molar-refractivity contribution in [1.82, 2.24) is 15.6 Å². The number of benzene rings is 1. The van der Waals surface area contributed by atoms with E-state index in [-0.39, 0.29) is 18.1 Å². The zero-order valence-corrected chi connectivity index (χ0v) is 15.8. The topological polar surface area (TPSA) is 78.4 Å². The molecule has 1 aromatic carbocycles. The Morgan fingerprint density at radius 1 is 1.19 bits per heavy atom. The zero-order chi connectivity index (χ0) is 19.5. The summed E-state index contributed by atoms with van der Waals surface area (Å²) in [6, 6.07) is 12.0. The van der Waals surface area contributed by atoms with Gasteiger partial charge in [-0.2, -0.15) is 0 Å². The molecule has 0 aliphatic carbocycles. The molecule has 1 aromatic heterocycles. The smallest absolute Gasteiger partial charge is 0.227 e. The number of rotatable bonds is 8. The number of amides is 1. The number of nitrogens with zero attached hydrogens (tertiary/aromatic N) is 2. The summed E-state index contributed by atoms with van der Waals surface area (Å²) in [6.07, 6.45) is 0.942. The molecule has 144 valence electrons. The highest BCUT2D eigenvalue weighted by molar-refractivity contribution is 5.90. The summed E-state index contributed by atoms with van der Waals surface area (Å²) in [5.41, 5.74) is 1.77. The quantitative estimate of drug-likeness (QED) is 0.492. The SMILES string of the molecule is CCNC(=NCCC(=O)Nc1cccc(C)n1)NCCc1cccc(F)c1. The fourth-order valence-corrected chi connectivity index (χ4v) is 2.45. The lowest BCUT2D eigenvalue weighted by Crippen LogP contribution is -2.38. The predicted octanol–water partition coefficient (Wildman–Crippen LogP) is 2.66. The van der Waals surface area contributed by atoms with Gasteiger partial charge in [-0.05, 0) is 50.1 Å². The van der Waals surface area contributed by atoms with E-state index in [0.29, 0.717) is 37.8 Å². The summed E-state index contributed by atoms with van der Waals surface area (Å²) >= 11 is 0.